The molecule has 4 nitrogen and oxygen atoms in total. The van der Waals surface area contributed by atoms with E-state index < -0.39 is 28.0 Å². The van der Waals surface area contributed by atoms with Crippen LogP contribution < -0.4 is 21.8 Å². The summed E-state index contributed by atoms with van der Waals surface area (Å²) in [4.78, 5) is 26.7. The first kappa shape index (κ1) is 30.3. The van der Waals surface area contributed by atoms with Crippen molar-refractivity contribution in [3.8, 4) is 0 Å². The third kappa shape index (κ3) is 4.28. The van der Waals surface area contributed by atoms with Gasteiger partial charge in [0.15, 0.2) is 0 Å². The van der Waals surface area contributed by atoms with Crippen molar-refractivity contribution in [2.75, 3.05) is 0 Å². The highest BCUT2D eigenvalue weighted by atomic mass is 28.3. The predicted octanol–water partition coefficient (Wildman–Crippen LogP) is 6.81. The quantitative estimate of drug-likeness (QED) is 0.333. The Morgan fingerprint density at radius 1 is 0.528 bits per heavy atom. The van der Waals surface area contributed by atoms with Crippen molar-refractivity contribution >= 4 is 49.1 Å². The summed E-state index contributed by atoms with van der Waals surface area (Å²) in [6, 6.07) is 8.12. The van der Waals surface area contributed by atoms with Gasteiger partial charge in [-0.3, -0.25) is 9.59 Å². The van der Waals surface area contributed by atoms with Crippen LogP contribution in [0.1, 0.15) is 104 Å². The van der Waals surface area contributed by atoms with Crippen LogP contribution in [-0.2, 0) is 0 Å². The maximum Gasteiger partial charge on any atom is 0.250 e. The zero-order valence-corrected chi connectivity index (χ0v) is 26.7. The molecule has 0 fully saturated rings. The van der Waals surface area contributed by atoms with Gasteiger partial charge in [0.2, 0.25) is 11.8 Å². The van der Waals surface area contributed by atoms with Crippen LogP contribution in [0.25, 0.3) is 10.8 Å². The van der Waals surface area contributed by atoms with E-state index >= 15 is 0 Å². The molecule has 2 amide bonds. The van der Waals surface area contributed by atoms with Gasteiger partial charge >= 0.3 is 0 Å². The molecule has 0 bridgehead atoms. The molecular formula is C30H50N2O2Si2. The van der Waals surface area contributed by atoms with Gasteiger partial charge in [0.1, 0.15) is 0 Å². The van der Waals surface area contributed by atoms with Crippen LogP contribution in [-0.4, -0.2) is 28.0 Å². The van der Waals surface area contributed by atoms with Crippen molar-refractivity contribution in [1.29, 1.82) is 0 Å². The lowest BCUT2D eigenvalue weighted by Crippen LogP contribution is -2.71. The fourth-order valence-electron chi connectivity index (χ4n) is 8.56. The van der Waals surface area contributed by atoms with E-state index in [9.17, 15) is 9.59 Å². The van der Waals surface area contributed by atoms with Gasteiger partial charge in [-0.1, -0.05) is 113 Å². The first-order valence-corrected chi connectivity index (χ1v) is 18.2. The van der Waals surface area contributed by atoms with Crippen LogP contribution >= 0.6 is 0 Å². The molecule has 0 radical (unpaired) electrons. The Hall–Kier alpha value is -1.93. The van der Waals surface area contributed by atoms with Gasteiger partial charge in [0.25, 0.3) is 0 Å². The van der Waals surface area contributed by atoms with Crippen LogP contribution in [0.3, 0.4) is 0 Å². The van der Waals surface area contributed by atoms with Gasteiger partial charge in [0, 0.05) is 0 Å². The minimum Gasteiger partial charge on any atom is -0.366 e. The van der Waals surface area contributed by atoms with E-state index in [0.29, 0.717) is 44.4 Å². The van der Waals surface area contributed by atoms with Crippen molar-refractivity contribution in [2.45, 2.75) is 116 Å². The summed E-state index contributed by atoms with van der Waals surface area (Å²) < 4.78 is 0. The summed E-state index contributed by atoms with van der Waals surface area (Å²) in [7, 11) is -4.79. The first-order chi connectivity index (χ1) is 16.5. The van der Waals surface area contributed by atoms with E-state index in [-0.39, 0.29) is 0 Å². The molecule has 0 spiro atoms. The number of amides is 2. The van der Waals surface area contributed by atoms with Crippen LogP contribution in [0.15, 0.2) is 24.3 Å². The Bertz CT molecular complexity index is 1090. The number of primary amides is 2. The summed E-state index contributed by atoms with van der Waals surface area (Å²) in [6.45, 7) is 28.0. The maximum atomic E-state index is 13.5. The Balaban J connectivity index is 3.64. The van der Waals surface area contributed by atoms with E-state index in [1.54, 1.807) is 0 Å². The van der Waals surface area contributed by atoms with Crippen molar-refractivity contribution in [2.24, 2.45) is 11.5 Å². The molecule has 0 aliphatic heterocycles. The maximum absolute atomic E-state index is 13.5. The highest BCUT2D eigenvalue weighted by Gasteiger charge is 2.54. The second-order valence-corrected chi connectivity index (χ2v) is 24.2. The van der Waals surface area contributed by atoms with Crippen molar-refractivity contribution in [1.82, 2.24) is 0 Å². The van der Waals surface area contributed by atoms with E-state index in [4.69, 9.17) is 11.5 Å². The number of hydrogen-bond donors (Lipinski definition) is 2. The summed E-state index contributed by atoms with van der Waals surface area (Å²) in [5.41, 5.74) is 15.4. The number of carbonyl (C=O) groups is 2. The topological polar surface area (TPSA) is 86.2 Å². The number of benzene rings is 2. The average Bonchev–Trinajstić information content (AvgIpc) is 2.72. The standard InChI is InChI=1S/C30H50N2O2Si2/c1-17(2)35(18(3)4,19(5)6)27-24-16-14-13-15-23(24)25(29(31)33)26(30(32)34)28(27)36(20(7)8,21(9)10)22(11)12/h13-22H,1-12H3,(H2,31,33)(H2,32,34). The Kier molecular flexibility index (Phi) is 9.11. The van der Waals surface area contributed by atoms with Crippen LogP contribution in [0, 0.1) is 0 Å². The lowest BCUT2D eigenvalue weighted by atomic mass is 9.97. The van der Waals surface area contributed by atoms with Crippen LogP contribution in [0.4, 0.5) is 0 Å². The number of rotatable bonds is 10. The third-order valence-corrected chi connectivity index (χ3v) is 23.8. The van der Waals surface area contributed by atoms with Gasteiger partial charge in [-0.25, -0.2) is 0 Å². The molecular weight excluding hydrogens is 477 g/mol. The molecule has 0 aliphatic carbocycles. The first-order valence-electron chi connectivity index (χ1n) is 13.7. The summed E-state index contributed by atoms with van der Waals surface area (Å²) >= 11 is 0. The predicted molar refractivity (Wildman–Crippen MR) is 162 cm³/mol. The smallest absolute Gasteiger partial charge is 0.250 e. The number of fused-ring (bicyclic) bond motifs is 1. The van der Waals surface area contributed by atoms with Crippen molar-refractivity contribution in [3.63, 3.8) is 0 Å². The van der Waals surface area contributed by atoms with Crippen molar-refractivity contribution < 1.29 is 9.59 Å². The lowest BCUT2D eigenvalue weighted by molar-refractivity contribution is 0.0969. The number of carbonyl (C=O) groups excluding carboxylic acids is 2. The Morgan fingerprint density at radius 2 is 0.833 bits per heavy atom. The second kappa shape index (κ2) is 10.8. The van der Waals surface area contributed by atoms with Crippen molar-refractivity contribution in [3.05, 3.63) is 35.4 Å². The molecule has 0 aromatic heterocycles. The highest BCUT2D eigenvalue weighted by molar-refractivity contribution is 7.05. The monoisotopic (exact) mass is 526 g/mol. The molecule has 0 aliphatic rings. The molecule has 2 aromatic rings. The van der Waals surface area contributed by atoms with Gasteiger partial charge in [-0.05, 0) is 49.2 Å². The van der Waals surface area contributed by atoms with Crippen LogP contribution in [0.2, 0.25) is 33.2 Å². The minimum atomic E-state index is -2.47. The van der Waals surface area contributed by atoms with Gasteiger partial charge in [-0.15, -0.1) is 0 Å². The SMILES string of the molecule is CC(C)[Si](c1c(C(N)=O)c(C(N)=O)c2ccccc2c1[Si](C(C)C)(C(C)C)C(C)C)(C(C)C)C(C)C. The average molecular weight is 527 g/mol. The normalized spacial score (nSPS) is 13.3. The largest absolute Gasteiger partial charge is 0.366 e. The molecule has 6 heteroatoms. The van der Waals surface area contributed by atoms with Gasteiger partial charge in [0.05, 0.1) is 27.3 Å². The van der Waals surface area contributed by atoms with E-state index in [1.807, 2.05) is 12.1 Å². The van der Waals surface area contributed by atoms with Crippen LogP contribution in [0.5, 0.6) is 0 Å². The molecule has 0 unspecified atom stereocenters. The van der Waals surface area contributed by atoms with Gasteiger partial charge < -0.3 is 11.5 Å². The molecule has 200 valence electrons. The molecule has 2 aromatic carbocycles. The molecule has 0 heterocycles. The lowest BCUT2D eigenvalue weighted by Gasteiger charge is -2.52. The number of nitrogens with two attached hydrogens (primary N) is 2. The third-order valence-electron chi connectivity index (χ3n) is 9.31. The highest BCUT2D eigenvalue weighted by Crippen LogP contribution is 2.47. The van der Waals surface area contributed by atoms with Gasteiger partial charge in [-0.2, -0.15) is 0 Å². The van der Waals surface area contributed by atoms with E-state index in [0.717, 1.165) is 16.0 Å². The zero-order chi connectivity index (χ0) is 27.9. The second-order valence-electron chi connectivity index (χ2n) is 12.6. The molecule has 2 rings (SSSR count). The Morgan fingerprint density at radius 3 is 1.14 bits per heavy atom. The molecule has 0 saturated carbocycles. The zero-order valence-electron chi connectivity index (χ0n) is 24.7. The minimum absolute atomic E-state index is 0.315. The fraction of sp³-hybridized carbons (Fsp3) is 0.600. The summed E-state index contributed by atoms with van der Waals surface area (Å²) in [6.07, 6.45) is 0. The van der Waals surface area contributed by atoms with E-state index in [1.165, 1.54) is 5.19 Å². The van der Waals surface area contributed by atoms with E-state index in [2.05, 4.69) is 95.2 Å². The molecule has 36 heavy (non-hydrogen) atoms. The molecule has 0 atom stereocenters. The molecule has 0 saturated heterocycles. The number of hydrogen-bond acceptors (Lipinski definition) is 2. The summed E-state index contributed by atoms with van der Waals surface area (Å²) in [5.74, 6) is -1.10. The Labute approximate surface area is 221 Å². The molecule has 4 N–H and O–H groups in total. The fourth-order valence-corrected chi connectivity index (χ4v) is 23.8. The summed E-state index contributed by atoms with van der Waals surface area (Å²) in [5, 5.41) is 4.40.